The zero-order valence-corrected chi connectivity index (χ0v) is 14.9. The van der Waals surface area contributed by atoms with E-state index >= 15 is 0 Å². The minimum absolute atomic E-state index is 0.00225. The number of nitrogens with zero attached hydrogens (tertiary/aromatic N) is 3. The zero-order chi connectivity index (χ0) is 18.3. The van der Waals surface area contributed by atoms with Crippen LogP contribution in [0.2, 0.25) is 0 Å². The number of hydrogen-bond acceptors (Lipinski definition) is 5. The van der Waals surface area contributed by atoms with Gasteiger partial charge in [0.15, 0.2) is 11.5 Å². The fourth-order valence-electron chi connectivity index (χ4n) is 3.45. The number of aryl methyl sites for hydroxylation is 1. The maximum Gasteiger partial charge on any atom is 0.256 e. The van der Waals surface area contributed by atoms with Gasteiger partial charge < -0.3 is 14.4 Å². The lowest BCUT2D eigenvalue weighted by atomic mass is 10.1. The van der Waals surface area contributed by atoms with E-state index in [2.05, 4.69) is 4.98 Å². The van der Waals surface area contributed by atoms with Crippen molar-refractivity contribution in [3.63, 3.8) is 0 Å². The lowest BCUT2D eigenvalue weighted by molar-refractivity contribution is -0.130. The van der Waals surface area contributed by atoms with Crippen molar-refractivity contribution in [2.45, 2.75) is 26.2 Å². The molecule has 0 atom stereocenters. The molecule has 0 fully saturated rings. The first-order chi connectivity index (χ1) is 12.5. The number of benzene rings is 1. The Morgan fingerprint density at radius 1 is 1.19 bits per heavy atom. The first kappa shape index (κ1) is 16.6. The van der Waals surface area contributed by atoms with Gasteiger partial charge in [-0.2, -0.15) is 0 Å². The fourth-order valence-corrected chi connectivity index (χ4v) is 3.45. The molecule has 0 radical (unpaired) electrons. The van der Waals surface area contributed by atoms with Gasteiger partial charge in [0.25, 0.3) is 5.56 Å². The quantitative estimate of drug-likeness (QED) is 0.803. The van der Waals surface area contributed by atoms with Crippen molar-refractivity contribution in [3.8, 4) is 11.5 Å². The molecule has 0 N–H and O–H groups in total. The molecule has 0 spiro atoms. The highest BCUT2D eigenvalue weighted by Gasteiger charge is 2.23. The summed E-state index contributed by atoms with van der Waals surface area (Å²) < 4.78 is 12.2. The SMILES string of the molecule is Cc1nc2c(c(=O)n1C)CCN(C(=O)Cc1ccc3c(c1)OCO3)CC2. The van der Waals surface area contributed by atoms with E-state index < -0.39 is 0 Å². The molecule has 4 rings (SSSR count). The van der Waals surface area contributed by atoms with Crippen molar-refractivity contribution < 1.29 is 14.3 Å². The molecule has 2 aliphatic rings. The Balaban J connectivity index is 1.48. The Labute approximate surface area is 151 Å². The molecule has 2 aliphatic heterocycles. The van der Waals surface area contributed by atoms with E-state index in [1.54, 1.807) is 11.6 Å². The smallest absolute Gasteiger partial charge is 0.256 e. The van der Waals surface area contributed by atoms with Crippen LogP contribution < -0.4 is 15.0 Å². The van der Waals surface area contributed by atoms with Gasteiger partial charge in [0.2, 0.25) is 12.7 Å². The molecule has 0 saturated carbocycles. The largest absolute Gasteiger partial charge is 0.454 e. The molecule has 3 heterocycles. The third kappa shape index (κ3) is 2.94. The molecule has 136 valence electrons. The summed E-state index contributed by atoms with van der Waals surface area (Å²) in [6.45, 7) is 3.17. The summed E-state index contributed by atoms with van der Waals surface area (Å²) in [5.41, 5.74) is 2.45. The van der Waals surface area contributed by atoms with E-state index in [-0.39, 0.29) is 18.3 Å². The molecule has 1 aromatic carbocycles. The molecule has 7 nitrogen and oxygen atoms in total. The fraction of sp³-hybridized carbons (Fsp3) is 0.421. The molecule has 1 amide bonds. The highest BCUT2D eigenvalue weighted by Crippen LogP contribution is 2.32. The highest BCUT2D eigenvalue weighted by molar-refractivity contribution is 5.79. The van der Waals surface area contributed by atoms with Gasteiger partial charge in [-0.15, -0.1) is 0 Å². The summed E-state index contributed by atoms with van der Waals surface area (Å²) in [4.78, 5) is 31.6. The van der Waals surface area contributed by atoms with E-state index in [0.29, 0.717) is 49.7 Å². The Hall–Kier alpha value is -2.83. The van der Waals surface area contributed by atoms with Crippen molar-refractivity contribution in [3.05, 3.63) is 51.2 Å². The normalized spacial score (nSPS) is 15.5. The Bertz CT molecular complexity index is 935. The number of fused-ring (bicyclic) bond motifs is 2. The second-order valence-electron chi connectivity index (χ2n) is 6.69. The molecule has 2 aromatic rings. The van der Waals surface area contributed by atoms with Crippen LogP contribution in [0.25, 0.3) is 0 Å². The van der Waals surface area contributed by atoms with Crippen LogP contribution in [0.3, 0.4) is 0 Å². The van der Waals surface area contributed by atoms with Crippen molar-refractivity contribution >= 4 is 5.91 Å². The van der Waals surface area contributed by atoms with Crippen LogP contribution in [0.15, 0.2) is 23.0 Å². The Morgan fingerprint density at radius 3 is 2.81 bits per heavy atom. The van der Waals surface area contributed by atoms with Gasteiger partial charge in [0.1, 0.15) is 5.82 Å². The van der Waals surface area contributed by atoms with Gasteiger partial charge in [0.05, 0.1) is 12.1 Å². The van der Waals surface area contributed by atoms with Crippen LogP contribution in [0, 0.1) is 6.92 Å². The van der Waals surface area contributed by atoms with Crippen LogP contribution in [0.4, 0.5) is 0 Å². The average molecular weight is 355 g/mol. The minimum atomic E-state index is -0.00225. The first-order valence-electron chi connectivity index (χ1n) is 8.74. The average Bonchev–Trinajstić information content (AvgIpc) is 2.98. The minimum Gasteiger partial charge on any atom is -0.454 e. The summed E-state index contributed by atoms with van der Waals surface area (Å²) in [5, 5.41) is 0. The highest BCUT2D eigenvalue weighted by atomic mass is 16.7. The first-order valence-corrected chi connectivity index (χ1v) is 8.74. The van der Waals surface area contributed by atoms with Crippen LogP contribution in [0.1, 0.15) is 22.6 Å². The molecule has 1 aromatic heterocycles. The monoisotopic (exact) mass is 355 g/mol. The molecular formula is C19H21N3O4. The second kappa shape index (κ2) is 6.48. The molecule has 7 heteroatoms. The third-order valence-electron chi connectivity index (χ3n) is 5.09. The molecule has 0 bridgehead atoms. The molecule has 26 heavy (non-hydrogen) atoms. The summed E-state index contributed by atoms with van der Waals surface area (Å²) >= 11 is 0. The van der Waals surface area contributed by atoms with Crippen LogP contribution in [-0.4, -0.2) is 40.2 Å². The van der Waals surface area contributed by atoms with Gasteiger partial charge in [-0.05, 0) is 31.0 Å². The lowest BCUT2D eigenvalue weighted by Gasteiger charge is -2.20. The van der Waals surface area contributed by atoms with Gasteiger partial charge in [-0.3, -0.25) is 14.2 Å². The van der Waals surface area contributed by atoms with Crippen LogP contribution >= 0.6 is 0 Å². The summed E-state index contributed by atoms with van der Waals surface area (Å²) in [5.74, 6) is 2.14. The van der Waals surface area contributed by atoms with Crippen LogP contribution in [-0.2, 0) is 31.1 Å². The van der Waals surface area contributed by atoms with Crippen molar-refractivity contribution in [2.75, 3.05) is 19.9 Å². The third-order valence-corrected chi connectivity index (χ3v) is 5.09. The van der Waals surface area contributed by atoms with Crippen LogP contribution in [0.5, 0.6) is 11.5 Å². The van der Waals surface area contributed by atoms with Crippen molar-refractivity contribution in [2.24, 2.45) is 7.05 Å². The topological polar surface area (TPSA) is 73.7 Å². The summed E-state index contributed by atoms with van der Waals surface area (Å²) in [6.07, 6.45) is 1.46. The predicted octanol–water partition coefficient (Wildman–Crippen LogP) is 0.987. The summed E-state index contributed by atoms with van der Waals surface area (Å²) in [6, 6.07) is 5.58. The maximum atomic E-state index is 12.7. The zero-order valence-electron chi connectivity index (χ0n) is 14.9. The maximum absolute atomic E-state index is 12.7. The second-order valence-corrected chi connectivity index (χ2v) is 6.69. The van der Waals surface area contributed by atoms with Crippen molar-refractivity contribution in [1.82, 2.24) is 14.5 Å². The van der Waals surface area contributed by atoms with Gasteiger partial charge in [0, 0.05) is 32.1 Å². The van der Waals surface area contributed by atoms with Gasteiger partial charge in [-0.25, -0.2) is 4.98 Å². The molecule has 0 aliphatic carbocycles. The number of ether oxygens (including phenoxy) is 2. The number of amides is 1. The number of carbonyl (C=O) groups excluding carboxylic acids is 1. The Morgan fingerprint density at radius 2 is 1.96 bits per heavy atom. The lowest BCUT2D eigenvalue weighted by Crippen LogP contribution is -2.34. The number of carbonyl (C=O) groups is 1. The predicted molar refractivity (Wildman–Crippen MR) is 94.5 cm³/mol. The number of aromatic nitrogens is 2. The molecule has 0 saturated heterocycles. The van der Waals surface area contributed by atoms with Crippen molar-refractivity contribution in [1.29, 1.82) is 0 Å². The standard InChI is InChI=1S/C19H21N3O4/c1-12-20-15-6-8-22(7-5-14(15)19(24)21(12)2)18(23)10-13-3-4-16-17(9-13)26-11-25-16/h3-4,9H,5-8,10-11H2,1-2H3. The Kier molecular flexibility index (Phi) is 4.14. The van der Waals surface area contributed by atoms with Gasteiger partial charge >= 0.3 is 0 Å². The van der Waals surface area contributed by atoms with E-state index in [1.807, 2.05) is 30.0 Å². The van der Waals surface area contributed by atoms with E-state index in [9.17, 15) is 9.59 Å². The number of rotatable bonds is 2. The van der Waals surface area contributed by atoms with E-state index in [0.717, 1.165) is 16.8 Å². The molecular weight excluding hydrogens is 334 g/mol. The van der Waals surface area contributed by atoms with E-state index in [1.165, 1.54) is 0 Å². The number of hydrogen-bond donors (Lipinski definition) is 0. The van der Waals surface area contributed by atoms with E-state index in [4.69, 9.17) is 9.47 Å². The molecule has 0 unspecified atom stereocenters. The van der Waals surface area contributed by atoms with Gasteiger partial charge in [-0.1, -0.05) is 6.07 Å². The summed E-state index contributed by atoms with van der Waals surface area (Å²) in [7, 11) is 1.73.